The number of thiophene rings is 1. The van der Waals surface area contributed by atoms with Gasteiger partial charge < -0.3 is 9.84 Å². The van der Waals surface area contributed by atoms with Gasteiger partial charge in [-0.05, 0) is 35.0 Å². The topological polar surface area (TPSA) is 29.5 Å². The van der Waals surface area contributed by atoms with Crippen LogP contribution >= 0.6 is 22.9 Å². The molecule has 3 aromatic rings. The first-order valence-corrected chi connectivity index (χ1v) is 7.52. The van der Waals surface area contributed by atoms with E-state index >= 15 is 0 Å². The molecule has 2 nitrogen and oxygen atoms in total. The number of hydrogen-bond donors (Lipinski definition) is 1. The van der Waals surface area contributed by atoms with Gasteiger partial charge in [0.05, 0.1) is 0 Å². The number of ether oxygens (including phenoxy) is 1. The quantitative estimate of drug-likeness (QED) is 0.759. The molecule has 1 unspecified atom stereocenters. The number of benzene rings is 2. The Kier molecular flexibility index (Phi) is 3.92. The average Bonchev–Trinajstić information content (AvgIpc) is 2.93. The van der Waals surface area contributed by atoms with Crippen molar-refractivity contribution in [3.63, 3.8) is 0 Å². The molecule has 1 N–H and O–H groups in total. The summed E-state index contributed by atoms with van der Waals surface area (Å²) in [7, 11) is 0. The van der Waals surface area contributed by atoms with Crippen LogP contribution in [-0.4, -0.2) is 11.7 Å². The first-order chi connectivity index (χ1) is 9.74. The molecule has 0 aliphatic carbocycles. The third kappa shape index (κ3) is 2.80. The maximum absolute atomic E-state index is 10.3. The Labute approximate surface area is 126 Å². The standard InChI is InChI=1S/C16H13ClO2S/c17-12-4-2-5-13(9-12)19-10-15(18)14-6-1-3-11-7-8-20-16(11)14/h1-9,15,18H,10H2. The molecule has 0 bridgehead atoms. The predicted molar refractivity (Wildman–Crippen MR) is 83.7 cm³/mol. The largest absolute Gasteiger partial charge is 0.490 e. The van der Waals surface area contributed by atoms with E-state index in [0.29, 0.717) is 10.8 Å². The summed E-state index contributed by atoms with van der Waals surface area (Å²) in [5.41, 5.74) is 0.902. The Morgan fingerprint density at radius 2 is 2.00 bits per heavy atom. The molecular formula is C16H13ClO2S. The van der Waals surface area contributed by atoms with Gasteiger partial charge in [0.15, 0.2) is 0 Å². The second-order valence-corrected chi connectivity index (χ2v) is 5.82. The van der Waals surface area contributed by atoms with Gasteiger partial charge in [0.1, 0.15) is 18.5 Å². The van der Waals surface area contributed by atoms with Crippen LogP contribution in [0.4, 0.5) is 0 Å². The van der Waals surface area contributed by atoms with E-state index in [1.54, 1.807) is 23.5 Å². The van der Waals surface area contributed by atoms with Gasteiger partial charge in [-0.15, -0.1) is 11.3 Å². The third-order valence-electron chi connectivity index (χ3n) is 3.07. The molecule has 4 heteroatoms. The van der Waals surface area contributed by atoms with E-state index in [-0.39, 0.29) is 6.61 Å². The minimum atomic E-state index is -0.656. The summed E-state index contributed by atoms with van der Waals surface area (Å²) in [6.45, 7) is 0.206. The SMILES string of the molecule is OC(COc1cccc(Cl)c1)c1cccc2ccsc12. The fourth-order valence-electron chi connectivity index (χ4n) is 2.10. The molecule has 0 amide bonds. The molecular weight excluding hydrogens is 292 g/mol. The van der Waals surface area contributed by atoms with Crippen molar-refractivity contribution in [1.82, 2.24) is 0 Å². The van der Waals surface area contributed by atoms with E-state index in [1.807, 2.05) is 41.8 Å². The van der Waals surface area contributed by atoms with Gasteiger partial charge in [0.2, 0.25) is 0 Å². The van der Waals surface area contributed by atoms with E-state index in [0.717, 1.165) is 15.6 Å². The molecule has 2 aromatic carbocycles. The van der Waals surface area contributed by atoms with Gasteiger partial charge in [-0.1, -0.05) is 35.9 Å². The predicted octanol–water partition coefficient (Wildman–Crippen LogP) is 4.67. The zero-order valence-corrected chi connectivity index (χ0v) is 12.2. The molecule has 1 aromatic heterocycles. The van der Waals surface area contributed by atoms with Gasteiger partial charge in [-0.2, -0.15) is 0 Å². The van der Waals surface area contributed by atoms with Crippen LogP contribution in [0, 0.1) is 0 Å². The van der Waals surface area contributed by atoms with Crippen molar-refractivity contribution >= 4 is 33.0 Å². The van der Waals surface area contributed by atoms with Crippen molar-refractivity contribution in [3.8, 4) is 5.75 Å². The minimum absolute atomic E-state index is 0.206. The summed E-state index contributed by atoms with van der Waals surface area (Å²) >= 11 is 7.53. The van der Waals surface area contributed by atoms with Crippen molar-refractivity contribution in [3.05, 3.63) is 64.5 Å². The Morgan fingerprint density at radius 1 is 1.15 bits per heavy atom. The number of aliphatic hydroxyl groups excluding tert-OH is 1. The lowest BCUT2D eigenvalue weighted by Gasteiger charge is -2.13. The summed E-state index contributed by atoms with van der Waals surface area (Å²) in [5.74, 6) is 0.662. The molecule has 0 fully saturated rings. The van der Waals surface area contributed by atoms with Crippen LogP contribution in [0.25, 0.3) is 10.1 Å². The molecule has 0 radical (unpaired) electrons. The Hall–Kier alpha value is -1.55. The van der Waals surface area contributed by atoms with Crippen LogP contribution in [0.5, 0.6) is 5.75 Å². The Morgan fingerprint density at radius 3 is 2.85 bits per heavy atom. The number of halogens is 1. The van der Waals surface area contributed by atoms with Gasteiger partial charge in [-0.3, -0.25) is 0 Å². The molecule has 20 heavy (non-hydrogen) atoms. The van der Waals surface area contributed by atoms with Gasteiger partial charge >= 0.3 is 0 Å². The number of rotatable bonds is 4. The lowest BCUT2D eigenvalue weighted by Crippen LogP contribution is -2.09. The molecule has 0 spiro atoms. The zero-order valence-electron chi connectivity index (χ0n) is 10.6. The summed E-state index contributed by atoms with van der Waals surface area (Å²) in [5, 5.41) is 14.1. The summed E-state index contributed by atoms with van der Waals surface area (Å²) in [6, 6.07) is 15.2. The highest BCUT2D eigenvalue weighted by molar-refractivity contribution is 7.17. The molecule has 0 saturated heterocycles. The lowest BCUT2D eigenvalue weighted by atomic mass is 10.1. The highest BCUT2D eigenvalue weighted by Gasteiger charge is 2.13. The van der Waals surface area contributed by atoms with Crippen LogP contribution in [-0.2, 0) is 0 Å². The molecule has 102 valence electrons. The van der Waals surface area contributed by atoms with Crippen molar-refractivity contribution in [2.75, 3.05) is 6.61 Å². The third-order valence-corrected chi connectivity index (χ3v) is 4.29. The zero-order chi connectivity index (χ0) is 13.9. The van der Waals surface area contributed by atoms with E-state index in [2.05, 4.69) is 0 Å². The van der Waals surface area contributed by atoms with Crippen molar-refractivity contribution in [2.24, 2.45) is 0 Å². The van der Waals surface area contributed by atoms with E-state index in [1.165, 1.54) is 0 Å². The van der Waals surface area contributed by atoms with Crippen molar-refractivity contribution in [2.45, 2.75) is 6.10 Å². The number of fused-ring (bicyclic) bond motifs is 1. The average molecular weight is 305 g/mol. The van der Waals surface area contributed by atoms with Crippen molar-refractivity contribution in [1.29, 1.82) is 0 Å². The van der Waals surface area contributed by atoms with Gasteiger partial charge in [0.25, 0.3) is 0 Å². The Balaban J connectivity index is 1.76. The first kappa shape index (κ1) is 13.4. The monoisotopic (exact) mass is 304 g/mol. The van der Waals surface area contributed by atoms with E-state index < -0.39 is 6.10 Å². The number of aliphatic hydroxyl groups is 1. The second kappa shape index (κ2) is 5.83. The summed E-state index contributed by atoms with van der Waals surface area (Å²) < 4.78 is 6.70. The van der Waals surface area contributed by atoms with Crippen LogP contribution in [0.2, 0.25) is 5.02 Å². The highest BCUT2D eigenvalue weighted by Crippen LogP contribution is 2.29. The maximum atomic E-state index is 10.3. The normalized spacial score (nSPS) is 12.5. The van der Waals surface area contributed by atoms with E-state index in [9.17, 15) is 5.11 Å². The van der Waals surface area contributed by atoms with Gasteiger partial charge in [0, 0.05) is 15.3 Å². The fourth-order valence-corrected chi connectivity index (χ4v) is 3.24. The second-order valence-electron chi connectivity index (χ2n) is 4.47. The molecule has 1 heterocycles. The lowest BCUT2D eigenvalue weighted by molar-refractivity contribution is 0.109. The fraction of sp³-hybridized carbons (Fsp3) is 0.125. The molecule has 0 aliphatic rings. The summed E-state index contributed by atoms with van der Waals surface area (Å²) in [6.07, 6.45) is -0.656. The smallest absolute Gasteiger partial charge is 0.120 e. The molecule has 0 aliphatic heterocycles. The Bertz CT molecular complexity index is 723. The first-order valence-electron chi connectivity index (χ1n) is 6.26. The van der Waals surface area contributed by atoms with Crippen LogP contribution < -0.4 is 4.74 Å². The van der Waals surface area contributed by atoms with E-state index in [4.69, 9.17) is 16.3 Å². The molecule has 1 atom stereocenters. The number of hydrogen-bond acceptors (Lipinski definition) is 3. The van der Waals surface area contributed by atoms with Crippen molar-refractivity contribution < 1.29 is 9.84 Å². The van der Waals surface area contributed by atoms with Crippen LogP contribution in [0.15, 0.2) is 53.9 Å². The van der Waals surface area contributed by atoms with Crippen LogP contribution in [0.3, 0.4) is 0 Å². The molecule has 3 rings (SSSR count). The minimum Gasteiger partial charge on any atom is -0.490 e. The molecule has 0 saturated carbocycles. The highest BCUT2D eigenvalue weighted by atomic mass is 35.5. The van der Waals surface area contributed by atoms with Gasteiger partial charge in [-0.25, -0.2) is 0 Å². The summed E-state index contributed by atoms with van der Waals surface area (Å²) in [4.78, 5) is 0. The maximum Gasteiger partial charge on any atom is 0.120 e. The van der Waals surface area contributed by atoms with Crippen LogP contribution in [0.1, 0.15) is 11.7 Å².